The molecule has 0 saturated carbocycles. The van der Waals surface area contributed by atoms with Gasteiger partial charge in [0.1, 0.15) is 5.82 Å². The number of benzene rings is 2. The van der Waals surface area contributed by atoms with Gasteiger partial charge in [-0.2, -0.15) is 0 Å². The Labute approximate surface area is 182 Å². The van der Waals surface area contributed by atoms with Crippen LogP contribution in [-0.4, -0.2) is 59.0 Å². The fourth-order valence-corrected chi connectivity index (χ4v) is 2.34. The van der Waals surface area contributed by atoms with Crippen molar-refractivity contribution < 1.29 is 33.8 Å². The van der Waals surface area contributed by atoms with Crippen LogP contribution in [0.1, 0.15) is 5.56 Å². The number of rotatable bonds is 6. The van der Waals surface area contributed by atoms with Gasteiger partial charge in [0.15, 0.2) is 0 Å². The summed E-state index contributed by atoms with van der Waals surface area (Å²) in [4.78, 5) is 43.7. The summed E-state index contributed by atoms with van der Waals surface area (Å²) in [6.45, 7) is 2.04. The van der Waals surface area contributed by atoms with Gasteiger partial charge in [-0.3, -0.25) is 14.5 Å². The van der Waals surface area contributed by atoms with E-state index >= 15 is 0 Å². The zero-order chi connectivity index (χ0) is 23.6. The minimum absolute atomic E-state index is 0.0102. The van der Waals surface area contributed by atoms with Crippen molar-refractivity contribution in [1.82, 2.24) is 4.90 Å². The van der Waals surface area contributed by atoms with Gasteiger partial charge in [-0.25, -0.2) is 14.0 Å². The van der Waals surface area contributed by atoms with Gasteiger partial charge in [0, 0.05) is 11.4 Å². The zero-order valence-electron chi connectivity index (χ0n) is 16.7. The van der Waals surface area contributed by atoms with E-state index in [9.17, 15) is 14.0 Å². The van der Waals surface area contributed by atoms with E-state index in [4.69, 9.17) is 31.4 Å². The highest BCUT2D eigenvalue weighted by molar-refractivity contribution is 6.31. The highest BCUT2D eigenvalue weighted by atomic mass is 35.5. The van der Waals surface area contributed by atoms with Gasteiger partial charge in [0.2, 0.25) is 11.8 Å². The van der Waals surface area contributed by atoms with E-state index in [1.165, 1.54) is 18.2 Å². The molecule has 0 atom stereocenters. The monoisotopic (exact) mass is 453 g/mol. The van der Waals surface area contributed by atoms with Crippen molar-refractivity contribution in [3.63, 3.8) is 0 Å². The van der Waals surface area contributed by atoms with Gasteiger partial charge in [0.25, 0.3) is 0 Å². The smallest absolute Gasteiger partial charge is 0.414 e. The maximum absolute atomic E-state index is 13.1. The predicted molar refractivity (Wildman–Crippen MR) is 113 cm³/mol. The van der Waals surface area contributed by atoms with Crippen LogP contribution in [0.4, 0.5) is 15.8 Å². The number of nitrogens with zero attached hydrogens (tertiary/aromatic N) is 1. The molecule has 9 nitrogen and oxygen atoms in total. The van der Waals surface area contributed by atoms with E-state index in [1.807, 2.05) is 31.2 Å². The molecule has 0 spiro atoms. The van der Waals surface area contributed by atoms with Crippen molar-refractivity contribution in [3.05, 3.63) is 58.9 Å². The minimum atomic E-state index is -1.82. The minimum Gasteiger partial charge on any atom is -0.473 e. The zero-order valence-corrected chi connectivity index (χ0v) is 17.4. The number of carboxylic acids is 2. The van der Waals surface area contributed by atoms with Gasteiger partial charge in [-0.1, -0.05) is 29.3 Å². The summed E-state index contributed by atoms with van der Waals surface area (Å²) < 4.78 is 13.1. The van der Waals surface area contributed by atoms with E-state index in [0.717, 1.165) is 5.56 Å². The van der Waals surface area contributed by atoms with Crippen LogP contribution in [0.2, 0.25) is 5.02 Å². The second-order valence-electron chi connectivity index (χ2n) is 6.37. The number of likely N-dealkylation sites (N-methyl/N-ethyl adjacent to an activating group) is 1. The third-order valence-electron chi connectivity index (χ3n) is 3.55. The molecule has 0 aliphatic carbocycles. The number of halogens is 2. The van der Waals surface area contributed by atoms with Gasteiger partial charge in [0.05, 0.1) is 18.1 Å². The average Bonchev–Trinajstić information content (AvgIpc) is 2.66. The molecule has 11 heteroatoms. The molecule has 0 aliphatic rings. The van der Waals surface area contributed by atoms with Gasteiger partial charge in [-0.15, -0.1) is 0 Å². The Kier molecular flexibility index (Phi) is 10.1. The first-order chi connectivity index (χ1) is 14.5. The second kappa shape index (κ2) is 12.3. The highest BCUT2D eigenvalue weighted by Crippen LogP contribution is 2.19. The largest absolute Gasteiger partial charge is 0.473 e. The summed E-state index contributed by atoms with van der Waals surface area (Å²) in [5.41, 5.74) is 2.20. The Bertz CT molecular complexity index is 940. The number of hydrogen-bond acceptors (Lipinski definition) is 5. The molecule has 0 fully saturated rings. The number of anilines is 2. The first-order valence-electron chi connectivity index (χ1n) is 8.74. The lowest BCUT2D eigenvalue weighted by atomic mass is 10.2. The van der Waals surface area contributed by atoms with Crippen LogP contribution in [0.5, 0.6) is 0 Å². The summed E-state index contributed by atoms with van der Waals surface area (Å²) in [7, 11) is 1.66. The van der Waals surface area contributed by atoms with E-state index in [1.54, 1.807) is 11.9 Å². The lowest BCUT2D eigenvalue weighted by Gasteiger charge is -2.16. The van der Waals surface area contributed by atoms with Crippen molar-refractivity contribution in [1.29, 1.82) is 0 Å². The van der Waals surface area contributed by atoms with E-state index in [2.05, 4.69) is 10.6 Å². The molecule has 0 aromatic heterocycles. The summed E-state index contributed by atoms with van der Waals surface area (Å²) >= 11 is 5.67. The topological polar surface area (TPSA) is 136 Å². The lowest BCUT2D eigenvalue weighted by molar-refractivity contribution is -0.159. The number of amides is 2. The second-order valence-corrected chi connectivity index (χ2v) is 6.78. The van der Waals surface area contributed by atoms with Crippen molar-refractivity contribution >= 4 is 46.7 Å². The number of aliphatic carboxylic acids is 2. The van der Waals surface area contributed by atoms with Crippen molar-refractivity contribution in [2.45, 2.75) is 6.92 Å². The van der Waals surface area contributed by atoms with Crippen molar-refractivity contribution in [2.24, 2.45) is 0 Å². The molecular weight excluding hydrogens is 433 g/mol. The van der Waals surface area contributed by atoms with Crippen LogP contribution in [0.3, 0.4) is 0 Å². The van der Waals surface area contributed by atoms with Crippen molar-refractivity contribution in [2.75, 3.05) is 30.8 Å². The first-order valence-corrected chi connectivity index (χ1v) is 9.12. The summed E-state index contributed by atoms with van der Waals surface area (Å²) in [6, 6.07) is 11.4. The van der Waals surface area contributed by atoms with Crippen LogP contribution in [0.25, 0.3) is 0 Å². The third-order valence-corrected chi connectivity index (χ3v) is 3.84. The molecule has 2 rings (SSSR count). The quantitative estimate of drug-likeness (QED) is 0.493. The summed E-state index contributed by atoms with van der Waals surface area (Å²) in [5, 5.41) is 20.1. The predicted octanol–water partition coefficient (Wildman–Crippen LogP) is 2.45. The summed E-state index contributed by atoms with van der Waals surface area (Å²) in [5.74, 6) is -4.74. The SMILES string of the molecule is Cc1ccc(NC(=O)CN(C)CC(=O)Nc2ccc(F)c(Cl)c2)cc1.O=C(O)C(=O)O. The number of hydrogen-bond donors (Lipinski definition) is 4. The molecule has 2 amide bonds. The van der Waals surface area contributed by atoms with Gasteiger partial charge >= 0.3 is 11.9 Å². The molecule has 0 saturated heterocycles. The Morgan fingerprint density at radius 1 is 0.903 bits per heavy atom. The summed E-state index contributed by atoms with van der Waals surface area (Å²) in [6.07, 6.45) is 0. The molecule has 166 valence electrons. The lowest BCUT2D eigenvalue weighted by Crippen LogP contribution is -2.36. The maximum Gasteiger partial charge on any atom is 0.414 e. The van der Waals surface area contributed by atoms with Gasteiger partial charge < -0.3 is 20.8 Å². The van der Waals surface area contributed by atoms with Crippen LogP contribution < -0.4 is 10.6 Å². The molecular formula is C20H21ClFN3O6. The molecule has 4 N–H and O–H groups in total. The average molecular weight is 454 g/mol. The van der Waals surface area contributed by atoms with Crippen LogP contribution >= 0.6 is 11.6 Å². The van der Waals surface area contributed by atoms with E-state index in [-0.39, 0.29) is 29.9 Å². The molecule has 0 aliphatic heterocycles. The van der Waals surface area contributed by atoms with E-state index < -0.39 is 17.8 Å². The van der Waals surface area contributed by atoms with E-state index in [0.29, 0.717) is 11.4 Å². The molecule has 2 aromatic rings. The molecule has 0 bridgehead atoms. The first kappa shape index (κ1) is 25.5. The fourth-order valence-electron chi connectivity index (χ4n) is 2.16. The number of nitrogens with one attached hydrogen (secondary N) is 2. The molecule has 31 heavy (non-hydrogen) atoms. The Balaban J connectivity index is 0.000000703. The highest BCUT2D eigenvalue weighted by Gasteiger charge is 2.12. The molecule has 0 unspecified atom stereocenters. The normalized spacial score (nSPS) is 9.97. The number of carboxylic acid groups (broad SMARTS) is 2. The van der Waals surface area contributed by atoms with Crippen molar-refractivity contribution in [3.8, 4) is 0 Å². The van der Waals surface area contributed by atoms with Crippen LogP contribution in [-0.2, 0) is 19.2 Å². The van der Waals surface area contributed by atoms with Gasteiger partial charge in [-0.05, 0) is 44.3 Å². The molecule has 2 aromatic carbocycles. The molecule has 0 radical (unpaired) electrons. The van der Waals surface area contributed by atoms with Crippen LogP contribution in [0.15, 0.2) is 42.5 Å². The Morgan fingerprint density at radius 3 is 1.81 bits per heavy atom. The standard InChI is InChI=1S/C18H19ClFN3O2.C2H2O4/c1-12-3-5-13(6-4-12)21-17(24)10-23(2)11-18(25)22-14-7-8-16(20)15(19)9-14;3-1(4)2(5)6/h3-9H,10-11H2,1-2H3,(H,21,24)(H,22,25);(H,3,4)(H,5,6). The Hall–Kier alpha value is -3.50. The fraction of sp³-hybridized carbons (Fsp3) is 0.200. The third kappa shape index (κ3) is 10.2. The number of aryl methyl sites for hydroxylation is 1. The number of carbonyl (C=O) groups is 4. The Morgan fingerprint density at radius 2 is 1.35 bits per heavy atom. The number of carbonyl (C=O) groups excluding carboxylic acids is 2. The maximum atomic E-state index is 13.1. The van der Waals surface area contributed by atoms with Crippen LogP contribution in [0, 0.1) is 12.7 Å². The molecule has 0 heterocycles.